The average molecular weight is 302 g/mol. The van der Waals surface area contributed by atoms with Gasteiger partial charge in [0.05, 0.1) is 11.3 Å². The van der Waals surface area contributed by atoms with Gasteiger partial charge in [0.2, 0.25) is 5.91 Å². The second kappa shape index (κ2) is 6.32. The first-order valence-corrected chi connectivity index (χ1v) is 7.09. The van der Waals surface area contributed by atoms with Crippen LogP contribution in [0.25, 0.3) is 12.2 Å². The molecule has 1 aromatic carbocycles. The largest absolute Gasteiger partial charge is 0.478 e. The van der Waals surface area contributed by atoms with Crippen LogP contribution in [0.2, 0.25) is 0 Å². The Morgan fingerprint density at radius 1 is 1.33 bits per heavy atom. The van der Waals surface area contributed by atoms with Crippen molar-refractivity contribution < 1.29 is 14.7 Å². The monoisotopic (exact) mass is 302 g/mol. The maximum Gasteiger partial charge on any atom is 0.335 e. The number of aromatic carboxylic acids is 1. The lowest BCUT2D eigenvalue weighted by atomic mass is 10.0. The number of hydrogen-bond donors (Lipinski definition) is 2. The van der Waals surface area contributed by atoms with E-state index in [1.165, 1.54) is 18.3 Å². The lowest BCUT2D eigenvalue weighted by Gasteiger charge is -2.01. The van der Waals surface area contributed by atoms with E-state index in [0.717, 1.165) is 11.3 Å². The average Bonchev–Trinajstić information content (AvgIpc) is 2.82. The molecular weight excluding hydrogens is 288 g/mol. The lowest BCUT2D eigenvalue weighted by molar-refractivity contribution is -0.114. The minimum absolute atomic E-state index is 0.153. The van der Waals surface area contributed by atoms with Gasteiger partial charge in [0.1, 0.15) is 0 Å². The standard InChI is InChI=1S/C15H14N2O3S/c1-9-7-11(4-6-13(9)14(19)20)3-5-12-8-21-15(17-12)16-10(2)18/h3-8H,1-2H3,(H,19,20)(H,16,17,18). The van der Waals surface area contributed by atoms with E-state index >= 15 is 0 Å². The van der Waals surface area contributed by atoms with Gasteiger partial charge in [0.15, 0.2) is 5.13 Å². The molecule has 5 nitrogen and oxygen atoms in total. The van der Waals surface area contributed by atoms with E-state index in [4.69, 9.17) is 5.11 Å². The Hall–Kier alpha value is -2.47. The summed E-state index contributed by atoms with van der Waals surface area (Å²) in [6, 6.07) is 5.14. The van der Waals surface area contributed by atoms with E-state index in [1.54, 1.807) is 25.1 Å². The number of amides is 1. The highest BCUT2D eigenvalue weighted by atomic mass is 32.1. The highest BCUT2D eigenvalue weighted by molar-refractivity contribution is 7.14. The van der Waals surface area contributed by atoms with Crippen molar-refractivity contribution in [2.45, 2.75) is 13.8 Å². The van der Waals surface area contributed by atoms with Gasteiger partial charge in [0.25, 0.3) is 0 Å². The fraction of sp³-hybridized carbons (Fsp3) is 0.133. The maximum atomic E-state index is 10.9. The molecule has 21 heavy (non-hydrogen) atoms. The Morgan fingerprint density at radius 3 is 2.71 bits per heavy atom. The molecule has 0 aliphatic carbocycles. The number of carboxylic acid groups (broad SMARTS) is 1. The summed E-state index contributed by atoms with van der Waals surface area (Å²) in [5, 5.41) is 14.0. The van der Waals surface area contributed by atoms with Crippen molar-refractivity contribution in [3.8, 4) is 0 Å². The summed E-state index contributed by atoms with van der Waals surface area (Å²) in [6.07, 6.45) is 3.67. The number of carboxylic acids is 1. The van der Waals surface area contributed by atoms with Crippen molar-refractivity contribution in [2.75, 3.05) is 5.32 Å². The molecule has 0 atom stereocenters. The van der Waals surface area contributed by atoms with Crippen molar-refractivity contribution in [2.24, 2.45) is 0 Å². The van der Waals surface area contributed by atoms with Crippen molar-refractivity contribution in [3.05, 3.63) is 46.0 Å². The molecule has 1 aromatic heterocycles. The predicted molar refractivity (Wildman–Crippen MR) is 83.5 cm³/mol. The first kappa shape index (κ1) is 14.9. The third-order valence-corrected chi connectivity index (χ3v) is 3.51. The molecule has 0 radical (unpaired) electrons. The van der Waals surface area contributed by atoms with E-state index in [9.17, 15) is 9.59 Å². The summed E-state index contributed by atoms with van der Waals surface area (Å²) < 4.78 is 0. The summed E-state index contributed by atoms with van der Waals surface area (Å²) in [4.78, 5) is 26.1. The Kier molecular flexibility index (Phi) is 4.49. The predicted octanol–water partition coefficient (Wildman–Crippen LogP) is 3.28. The van der Waals surface area contributed by atoms with Crippen LogP contribution < -0.4 is 5.32 Å². The Balaban J connectivity index is 2.14. The molecule has 108 valence electrons. The fourth-order valence-electron chi connectivity index (χ4n) is 1.78. The van der Waals surface area contributed by atoms with Gasteiger partial charge in [-0.25, -0.2) is 9.78 Å². The highest BCUT2D eigenvalue weighted by Crippen LogP contribution is 2.18. The quantitative estimate of drug-likeness (QED) is 0.908. The number of hydrogen-bond acceptors (Lipinski definition) is 4. The van der Waals surface area contributed by atoms with Crippen molar-refractivity contribution in [1.82, 2.24) is 4.98 Å². The summed E-state index contributed by atoms with van der Waals surface area (Å²) >= 11 is 1.35. The molecule has 0 fully saturated rings. The topological polar surface area (TPSA) is 79.3 Å². The number of thiazole rings is 1. The number of benzene rings is 1. The summed E-state index contributed by atoms with van der Waals surface area (Å²) in [6.45, 7) is 3.20. The Morgan fingerprint density at radius 2 is 2.10 bits per heavy atom. The van der Waals surface area contributed by atoms with Gasteiger partial charge in [-0.2, -0.15) is 0 Å². The van der Waals surface area contributed by atoms with Gasteiger partial charge in [0, 0.05) is 12.3 Å². The number of nitrogens with zero attached hydrogens (tertiary/aromatic N) is 1. The second-order valence-corrected chi connectivity index (χ2v) is 5.33. The molecule has 2 rings (SSSR count). The molecule has 0 saturated carbocycles. The van der Waals surface area contributed by atoms with Crippen LogP contribution >= 0.6 is 11.3 Å². The van der Waals surface area contributed by atoms with Crippen LogP contribution in [0, 0.1) is 6.92 Å². The number of carbonyl (C=O) groups excluding carboxylic acids is 1. The molecule has 1 amide bonds. The zero-order valence-corrected chi connectivity index (χ0v) is 12.4. The Labute approximate surface area is 126 Å². The van der Waals surface area contributed by atoms with Crippen LogP contribution in [0.1, 0.15) is 34.1 Å². The number of rotatable bonds is 4. The number of carbonyl (C=O) groups is 2. The summed E-state index contributed by atoms with van der Waals surface area (Å²) in [5.74, 6) is -1.08. The molecule has 6 heteroatoms. The highest BCUT2D eigenvalue weighted by Gasteiger charge is 2.06. The second-order valence-electron chi connectivity index (χ2n) is 4.47. The third kappa shape index (κ3) is 4.00. The zero-order valence-electron chi connectivity index (χ0n) is 11.6. The fourth-order valence-corrected chi connectivity index (χ4v) is 2.51. The lowest BCUT2D eigenvalue weighted by Crippen LogP contribution is -2.04. The van der Waals surface area contributed by atoms with Crippen molar-refractivity contribution in [3.63, 3.8) is 0 Å². The number of aromatic nitrogens is 1. The zero-order chi connectivity index (χ0) is 15.4. The van der Waals surface area contributed by atoms with Gasteiger partial charge in [-0.05, 0) is 30.2 Å². The SMILES string of the molecule is CC(=O)Nc1nc(C=Cc2ccc(C(=O)O)c(C)c2)cs1. The molecule has 1 heterocycles. The molecular formula is C15H14N2O3S. The van der Waals surface area contributed by atoms with Crippen LogP contribution in [0.4, 0.5) is 5.13 Å². The van der Waals surface area contributed by atoms with Crippen LogP contribution in [-0.2, 0) is 4.79 Å². The first-order chi connectivity index (χ1) is 9.95. The van der Waals surface area contributed by atoms with Crippen molar-refractivity contribution in [1.29, 1.82) is 0 Å². The number of aryl methyl sites for hydroxylation is 1. The molecule has 0 aliphatic rings. The van der Waals surface area contributed by atoms with Crippen LogP contribution in [0.5, 0.6) is 0 Å². The van der Waals surface area contributed by atoms with E-state index < -0.39 is 5.97 Å². The Bertz CT molecular complexity index is 719. The van der Waals surface area contributed by atoms with Crippen LogP contribution in [0.15, 0.2) is 23.6 Å². The maximum absolute atomic E-state index is 10.9. The summed E-state index contributed by atoms with van der Waals surface area (Å²) in [5.41, 5.74) is 2.64. The smallest absolute Gasteiger partial charge is 0.335 e. The van der Waals surface area contributed by atoms with Crippen LogP contribution in [-0.4, -0.2) is 22.0 Å². The molecule has 0 spiro atoms. The molecule has 0 bridgehead atoms. The van der Waals surface area contributed by atoms with E-state index in [0.29, 0.717) is 16.3 Å². The van der Waals surface area contributed by atoms with Gasteiger partial charge in [-0.3, -0.25) is 4.79 Å². The summed E-state index contributed by atoms with van der Waals surface area (Å²) in [7, 11) is 0. The van der Waals surface area contributed by atoms with Crippen LogP contribution in [0.3, 0.4) is 0 Å². The van der Waals surface area contributed by atoms with Gasteiger partial charge >= 0.3 is 5.97 Å². The minimum Gasteiger partial charge on any atom is -0.478 e. The third-order valence-electron chi connectivity index (χ3n) is 2.73. The normalized spacial score (nSPS) is 10.8. The molecule has 0 aliphatic heterocycles. The van der Waals surface area contributed by atoms with Crippen molar-refractivity contribution >= 4 is 40.5 Å². The van der Waals surface area contributed by atoms with E-state index in [-0.39, 0.29) is 5.91 Å². The van der Waals surface area contributed by atoms with E-state index in [2.05, 4.69) is 10.3 Å². The molecule has 0 saturated heterocycles. The molecule has 2 aromatic rings. The molecule has 0 unspecified atom stereocenters. The number of anilines is 1. The van der Waals surface area contributed by atoms with Gasteiger partial charge < -0.3 is 10.4 Å². The first-order valence-electron chi connectivity index (χ1n) is 6.21. The van der Waals surface area contributed by atoms with Gasteiger partial charge in [-0.1, -0.05) is 18.2 Å². The van der Waals surface area contributed by atoms with E-state index in [1.807, 2.05) is 17.5 Å². The molecule has 2 N–H and O–H groups in total. The minimum atomic E-state index is -0.928. The van der Waals surface area contributed by atoms with Gasteiger partial charge in [-0.15, -0.1) is 11.3 Å². The number of nitrogens with one attached hydrogen (secondary N) is 1.